The molecule has 0 atom stereocenters. The van der Waals surface area contributed by atoms with Crippen molar-refractivity contribution in [3.63, 3.8) is 0 Å². The summed E-state index contributed by atoms with van der Waals surface area (Å²) in [4.78, 5) is 12.2. The normalized spacial score (nSPS) is 11.5. The highest BCUT2D eigenvalue weighted by Crippen LogP contribution is 2.26. The molecule has 2 aromatic rings. The molecule has 1 aromatic carbocycles. The molecule has 2 rings (SSSR count). The molecule has 0 saturated carbocycles. The first kappa shape index (κ1) is 18.2. The summed E-state index contributed by atoms with van der Waals surface area (Å²) < 4.78 is 15.2. The van der Waals surface area contributed by atoms with Gasteiger partial charge in [-0.2, -0.15) is 5.10 Å². The second-order valence-electron chi connectivity index (χ2n) is 7.06. The highest BCUT2D eigenvalue weighted by molar-refractivity contribution is 5.90. The van der Waals surface area contributed by atoms with Crippen molar-refractivity contribution in [3.8, 4) is 5.69 Å². The topological polar surface area (TPSA) is 46.9 Å². The number of aromatic nitrogens is 2. The average molecular weight is 331 g/mol. The SMILES string of the molecule is CCCCCC(=O)Nc1cc(C(C)(C)C)nn1-c1cccc(F)c1. The number of carbonyl (C=O) groups is 1. The minimum Gasteiger partial charge on any atom is -0.311 e. The minimum absolute atomic E-state index is 0.0403. The molecule has 1 amide bonds. The Morgan fingerprint density at radius 2 is 2.00 bits per heavy atom. The van der Waals surface area contributed by atoms with E-state index in [-0.39, 0.29) is 17.1 Å². The Hall–Kier alpha value is -2.17. The zero-order chi connectivity index (χ0) is 17.7. The number of unbranched alkanes of at least 4 members (excludes halogenated alkanes) is 2. The second kappa shape index (κ2) is 7.60. The molecule has 0 radical (unpaired) electrons. The summed E-state index contributed by atoms with van der Waals surface area (Å²) in [6.45, 7) is 8.26. The highest BCUT2D eigenvalue weighted by atomic mass is 19.1. The largest absolute Gasteiger partial charge is 0.311 e. The van der Waals surface area contributed by atoms with Crippen LogP contribution in [0.15, 0.2) is 30.3 Å². The van der Waals surface area contributed by atoms with Crippen LogP contribution in [0, 0.1) is 5.82 Å². The number of hydrogen-bond donors (Lipinski definition) is 1. The van der Waals surface area contributed by atoms with Crippen molar-refractivity contribution in [3.05, 3.63) is 41.8 Å². The van der Waals surface area contributed by atoms with E-state index in [2.05, 4.69) is 38.1 Å². The van der Waals surface area contributed by atoms with Crippen molar-refractivity contribution >= 4 is 11.7 Å². The second-order valence-corrected chi connectivity index (χ2v) is 7.06. The molecule has 1 aromatic heterocycles. The van der Waals surface area contributed by atoms with Crippen LogP contribution in [0.3, 0.4) is 0 Å². The molecule has 0 saturated heterocycles. The lowest BCUT2D eigenvalue weighted by atomic mass is 9.92. The predicted molar refractivity (Wildman–Crippen MR) is 95.0 cm³/mol. The molecule has 0 spiro atoms. The van der Waals surface area contributed by atoms with E-state index >= 15 is 0 Å². The Morgan fingerprint density at radius 3 is 2.62 bits per heavy atom. The van der Waals surface area contributed by atoms with E-state index in [1.54, 1.807) is 16.8 Å². The summed E-state index contributed by atoms with van der Waals surface area (Å²) in [6.07, 6.45) is 3.45. The molecule has 1 heterocycles. The molecule has 0 aliphatic rings. The number of nitrogens with zero attached hydrogens (tertiary/aromatic N) is 2. The molecule has 5 heteroatoms. The third-order valence-electron chi connectivity index (χ3n) is 3.81. The quantitative estimate of drug-likeness (QED) is 0.771. The number of nitrogens with one attached hydrogen (secondary N) is 1. The van der Waals surface area contributed by atoms with Crippen molar-refractivity contribution in [1.29, 1.82) is 0 Å². The Bertz CT molecular complexity index is 701. The first-order valence-electron chi connectivity index (χ1n) is 8.47. The van der Waals surface area contributed by atoms with E-state index in [1.807, 2.05) is 6.07 Å². The Balaban J connectivity index is 2.31. The number of anilines is 1. The van der Waals surface area contributed by atoms with E-state index in [9.17, 15) is 9.18 Å². The lowest BCUT2D eigenvalue weighted by Gasteiger charge is -2.14. The molecular formula is C19H26FN3O. The number of hydrogen-bond acceptors (Lipinski definition) is 2. The van der Waals surface area contributed by atoms with Crippen molar-refractivity contribution in [2.45, 2.75) is 58.8 Å². The summed E-state index contributed by atoms with van der Waals surface area (Å²) in [7, 11) is 0. The van der Waals surface area contributed by atoms with E-state index in [0.717, 1.165) is 25.0 Å². The number of halogens is 1. The van der Waals surface area contributed by atoms with Crippen LogP contribution in [0.2, 0.25) is 0 Å². The minimum atomic E-state index is -0.333. The number of rotatable bonds is 6. The number of amides is 1. The Labute approximate surface area is 143 Å². The van der Waals surface area contributed by atoms with Crippen LogP contribution in [-0.2, 0) is 10.2 Å². The predicted octanol–water partition coefficient (Wildman–Crippen LogP) is 4.83. The van der Waals surface area contributed by atoms with Crippen LogP contribution in [0.5, 0.6) is 0 Å². The van der Waals surface area contributed by atoms with Gasteiger partial charge in [0.05, 0.1) is 11.4 Å². The number of benzene rings is 1. The van der Waals surface area contributed by atoms with Gasteiger partial charge in [0, 0.05) is 17.9 Å². The molecule has 0 aliphatic carbocycles. The highest BCUT2D eigenvalue weighted by Gasteiger charge is 2.21. The van der Waals surface area contributed by atoms with Gasteiger partial charge < -0.3 is 5.32 Å². The van der Waals surface area contributed by atoms with Crippen LogP contribution in [0.1, 0.15) is 59.1 Å². The Morgan fingerprint density at radius 1 is 1.25 bits per heavy atom. The molecule has 0 fully saturated rings. The van der Waals surface area contributed by atoms with Crippen molar-refractivity contribution in [2.75, 3.05) is 5.32 Å². The zero-order valence-electron chi connectivity index (χ0n) is 14.9. The average Bonchev–Trinajstić information content (AvgIpc) is 2.91. The zero-order valence-corrected chi connectivity index (χ0v) is 14.9. The van der Waals surface area contributed by atoms with Gasteiger partial charge in [0.25, 0.3) is 0 Å². The summed E-state index contributed by atoms with van der Waals surface area (Å²) in [6, 6.07) is 8.07. The standard InChI is InChI=1S/C19H26FN3O/c1-5-6-7-11-18(24)21-17-13-16(19(2,3)4)22-23(17)15-10-8-9-14(20)12-15/h8-10,12-13H,5-7,11H2,1-4H3,(H,21,24). The van der Waals surface area contributed by atoms with Crippen molar-refractivity contribution in [1.82, 2.24) is 9.78 Å². The van der Waals surface area contributed by atoms with E-state index < -0.39 is 0 Å². The van der Waals surface area contributed by atoms with E-state index in [4.69, 9.17) is 0 Å². The van der Waals surface area contributed by atoms with Gasteiger partial charge in [-0.15, -0.1) is 0 Å². The van der Waals surface area contributed by atoms with Gasteiger partial charge in [0.15, 0.2) is 0 Å². The summed E-state index contributed by atoms with van der Waals surface area (Å²) in [5, 5.41) is 7.50. The van der Waals surface area contributed by atoms with Crippen LogP contribution in [-0.4, -0.2) is 15.7 Å². The lowest BCUT2D eigenvalue weighted by molar-refractivity contribution is -0.116. The maximum atomic E-state index is 13.6. The molecule has 24 heavy (non-hydrogen) atoms. The van der Waals surface area contributed by atoms with Gasteiger partial charge in [-0.25, -0.2) is 9.07 Å². The van der Waals surface area contributed by atoms with Gasteiger partial charge in [-0.1, -0.05) is 46.6 Å². The fourth-order valence-electron chi connectivity index (χ4n) is 2.38. The molecule has 0 bridgehead atoms. The summed E-state index contributed by atoms with van der Waals surface area (Å²) in [5.74, 6) is 0.203. The fraction of sp³-hybridized carbons (Fsp3) is 0.474. The summed E-state index contributed by atoms with van der Waals surface area (Å²) in [5.41, 5.74) is 1.27. The molecule has 130 valence electrons. The van der Waals surface area contributed by atoms with Gasteiger partial charge >= 0.3 is 0 Å². The van der Waals surface area contributed by atoms with Crippen LogP contribution in [0.25, 0.3) is 5.69 Å². The first-order chi connectivity index (χ1) is 11.3. The van der Waals surface area contributed by atoms with Crippen LogP contribution < -0.4 is 5.32 Å². The molecular weight excluding hydrogens is 305 g/mol. The van der Waals surface area contributed by atoms with Gasteiger partial charge in [-0.3, -0.25) is 4.79 Å². The fourth-order valence-corrected chi connectivity index (χ4v) is 2.38. The van der Waals surface area contributed by atoms with Crippen LogP contribution >= 0.6 is 0 Å². The third-order valence-corrected chi connectivity index (χ3v) is 3.81. The van der Waals surface area contributed by atoms with Gasteiger partial charge in [-0.05, 0) is 24.6 Å². The smallest absolute Gasteiger partial charge is 0.225 e. The van der Waals surface area contributed by atoms with Crippen molar-refractivity contribution < 1.29 is 9.18 Å². The van der Waals surface area contributed by atoms with E-state index in [0.29, 0.717) is 17.9 Å². The molecule has 1 N–H and O–H groups in total. The molecule has 4 nitrogen and oxygen atoms in total. The Kier molecular flexibility index (Phi) is 5.75. The molecule has 0 aliphatic heterocycles. The van der Waals surface area contributed by atoms with Crippen LogP contribution in [0.4, 0.5) is 10.2 Å². The first-order valence-corrected chi connectivity index (χ1v) is 8.47. The summed E-state index contributed by atoms with van der Waals surface area (Å²) >= 11 is 0. The maximum absolute atomic E-state index is 13.6. The van der Waals surface area contributed by atoms with Crippen molar-refractivity contribution in [2.24, 2.45) is 0 Å². The monoisotopic (exact) mass is 331 g/mol. The lowest BCUT2D eigenvalue weighted by Crippen LogP contribution is -2.14. The van der Waals surface area contributed by atoms with Gasteiger partial charge in [0.2, 0.25) is 5.91 Å². The maximum Gasteiger partial charge on any atom is 0.225 e. The molecule has 0 unspecified atom stereocenters. The third kappa shape index (κ3) is 4.66. The van der Waals surface area contributed by atoms with E-state index in [1.165, 1.54) is 12.1 Å². The number of carbonyl (C=O) groups excluding carboxylic acids is 1. The van der Waals surface area contributed by atoms with Gasteiger partial charge in [0.1, 0.15) is 11.6 Å².